The molecule has 0 radical (unpaired) electrons. The largest absolute Gasteiger partial charge is 0.391 e. The molecule has 0 amide bonds. The third kappa shape index (κ3) is 3.59. The second-order valence-electron chi connectivity index (χ2n) is 6.24. The zero-order valence-electron chi connectivity index (χ0n) is 15.4. The van der Waals surface area contributed by atoms with E-state index in [0.717, 1.165) is 22.5 Å². The number of aryl methyl sites for hydroxylation is 3. The molecule has 6 nitrogen and oxygen atoms in total. The van der Waals surface area contributed by atoms with E-state index < -0.39 is 0 Å². The monoisotopic (exact) mass is 350 g/mol. The average molecular weight is 350 g/mol. The van der Waals surface area contributed by atoms with Gasteiger partial charge in [0.1, 0.15) is 12.4 Å². The van der Waals surface area contributed by atoms with E-state index >= 15 is 0 Å². The van der Waals surface area contributed by atoms with Crippen LogP contribution in [0, 0.1) is 13.8 Å². The molecule has 0 aliphatic heterocycles. The van der Waals surface area contributed by atoms with Crippen LogP contribution in [-0.2, 0) is 18.5 Å². The summed E-state index contributed by atoms with van der Waals surface area (Å²) in [6.07, 6.45) is 0. The molecule has 0 atom stereocenters. The Morgan fingerprint density at radius 3 is 2.62 bits per heavy atom. The van der Waals surface area contributed by atoms with Crippen LogP contribution in [0.3, 0.4) is 0 Å². The Morgan fingerprint density at radius 2 is 1.92 bits per heavy atom. The average Bonchev–Trinajstić information content (AvgIpc) is 2.87. The molecule has 3 rings (SSSR count). The van der Waals surface area contributed by atoms with E-state index in [2.05, 4.69) is 16.3 Å². The highest BCUT2D eigenvalue weighted by atomic mass is 16.6. The first-order chi connectivity index (χ1) is 12.5. The highest BCUT2D eigenvalue weighted by Crippen LogP contribution is 2.15. The van der Waals surface area contributed by atoms with Gasteiger partial charge in [0.2, 0.25) is 0 Å². The predicted octanol–water partition coefficient (Wildman–Crippen LogP) is 3.13. The highest BCUT2D eigenvalue weighted by Gasteiger charge is 2.13. The van der Waals surface area contributed by atoms with Gasteiger partial charge in [0.05, 0.1) is 11.4 Å². The topological polar surface area (TPSA) is 61.4 Å². The molecule has 1 aromatic heterocycles. The van der Waals surface area contributed by atoms with Crippen LogP contribution in [0.2, 0.25) is 0 Å². The number of benzene rings is 2. The second-order valence-corrected chi connectivity index (χ2v) is 6.24. The van der Waals surface area contributed by atoms with Crippen molar-refractivity contribution in [2.75, 3.05) is 0 Å². The Bertz CT molecular complexity index is 1010. The minimum Gasteiger partial charge on any atom is -0.391 e. The van der Waals surface area contributed by atoms with Crippen molar-refractivity contribution in [2.45, 2.75) is 27.4 Å². The summed E-state index contributed by atoms with van der Waals surface area (Å²) in [5, 5.41) is 8.41. The molecule has 0 spiro atoms. The zero-order valence-corrected chi connectivity index (χ0v) is 15.4. The number of hydrogen-bond donors (Lipinski definition) is 0. The Labute approximate surface area is 152 Å². The maximum Gasteiger partial charge on any atom is 0.350 e. The normalized spacial score (nSPS) is 11.6. The zero-order chi connectivity index (χ0) is 18.7. The van der Waals surface area contributed by atoms with Crippen LogP contribution >= 0.6 is 0 Å². The molecule has 0 aliphatic carbocycles. The van der Waals surface area contributed by atoms with Crippen LogP contribution < -0.4 is 5.69 Å². The number of aromatic nitrogens is 3. The van der Waals surface area contributed by atoms with Crippen molar-refractivity contribution in [3.63, 3.8) is 0 Å². The molecular weight excluding hydrogens is 328 g/mol. The molecule has 0 saturated carbocycles. The summed E-state index contributed by atoms with van der Waals surface area (Å²) in [5.74, 6) is 0.629. The molecule has 2 aromatic carbocycles. The fourth-order valence-electron chi connectivity index (χ4n) is 2.84. The van der Waals surface area contributed by atoms with Gasteiger partial charge in [-0.25, -0.2) is 14.0 Å². The molecule has 0 saturated heterocycles. The lowest BCUT2D eigenvalue weighted by Gasteiger charge is -2.10. The fourth-order valence-corrected chi connectivity index (χ4v) is 2.84. The van der Waals surface area contributed by atoms with E-state index in [4.69, 9.17) is 4.84 Å². The van der Waals surface area contributed by atoms with Gasteiger partial charge in [-0.1, -0.05) is 53.2 Å². The molecule has 0 aliphatic rings. The summed E-state index contributed by atoms with van der Waals surface area (Å²) < 4.78 is 2.91. The summed E-state index contributed by atoms with van der Waals surface area (Å²) in [6, 6.07) is 15.7. The lowest BCUT2D eigenvalue weighted by molar-refractivity contribution is 0.130. The smallest absolute Gasteiger partial charge is 0.350 e. The van der Waals surface area contributed by atoms with Gasteiger partial charge in [0.15, 0.2) is 0 Å². The van der Waals surface area contributed by atoms with Crippen LogP contribution in [0.4, 0.5) is 0 Å². The Hall–Kier alpha value is -3.15. The predicted molar refractivity (Wildman–Crippen MR) is 102 cm³/mol. The van der Waals surface area contributed by atoms with Crippen molar-refractivity contribution in [3.8, 4) is 5.69 Å². The van der Waals surface area contributed by atoms with Gasteiger partial charge < -0.3 is 4.84 Å². The lowest BCUT2D eigenvalue weighted by Crippen LogP contribution is -2.22. The number of nitrogens with zero attached hydrogens (tertiary/aromatic N) is 4. The van der Waals surface area contributed by atoms with Crippen LogP contribution in [0.25, 0.3) is 5.69 Å². The molecular formula is C20H22N4O2. The summed E-state index contributed by atoms with van der Waals surface area (Å²) >= 11 is 0. The van der Waals surface area contributed by atoms with E-state index in [1.54, 1.807) is 18.5 Å². The molecule has 1 heterocycles. The van der Waals surface area contributed by atoms with Crippen LogP contribution in [0.1, 0.15) is 29.4 Å². The molecule has 6 heteroatoms. The summed E-state index contributed by atoms with van der Waals surface area (Å²) in [6.45, 7) is 6.03. The number of hydrogen-bond acceptors (Lipinski definition) is 4. The lowest BCUT2D eigenvalue weighted by atomic mass is 10.1. The fraction of sp³-hybridized carbons (Fsp3) is 0.250. The molecule has 0 fully saturated rings. The highest BCUT2D eigenvalue weighted by molar-refractivity contribution is 5.98. The summed E-state index contributed by atoms with van der Waals surface area (Å²) in [5.41, 5.74) is 4.44. The van der Waals surface area contributed by atoms with Gasteiger partial charge in [0, 0.05) is 12.6 Å². The van der Waals surface area contributed by atoms with Gasteiger partial charge in [-0.2, -0.15) is 5.10 Å². The van der Waals surface area contributed by atoms with Crippen molar-refractivity contribution in [2.24, 2.45) is 12.2 Å². The van der Waals surface area contributed by atoms with E-state index in [-0.39, 0.29) is 12.3 Å². The SMILES string of the molecule is C/C(=N\OCc1ccccc1-n1c(C)nn(C)c1=O)c1cccc(C)c1. The first-order valence-electron chi connectivity index (χ1n) is 8.42. The van der Waals surface area contributed by atoms with Crippen LogP contribution in [0.15, 0.2) is 58.5 Å². The Kier molecular flexibility index (Phi) is 5.02. The van der Waals surface area contributed by atoms with Crippen molar-refractivity contribution in [1.29, 1.82) is 0 Å². The Morgan fingerprint density at radius 1 is 1.15 bits per heavy atom. The van der Waals surface area contributed by atoms with Gasteiger partial charge >= 0.3 is 5.69 Å². The maximum absolute atomic E-state index is 12.3. The van der Waals surface area contributed by atoms with Gasteiger partial charge in [-0.15, -0.1) is 0 Å². The van der Waals surface area contributed by atoms with Crippen molar-refractivity contribution in [3.05, 3.63) is 81.5 Å². The quantitative estimate of drug-likeness (QED) is 0.525. The summed E-state index contributed by atoms with van der Waals surface area (Å²) in [4.78, 5) is 17.9. The molecule has 0 bridgehead atoms. The Balaban J connectivity index is 1.84. The van der Waals surface area contributed by atoms with E-state index in [1.165, 1.54) is 10.2 Å². The third-order valence-electron chi connectivity index (χ3n) is 4.18. The minimum atomic E-state index is -0.186. The second kappa shape index (κ2) is 7.39. The molecule has 3 aromatic rings. The van der Waals surface area contributed by atoms with Crippen LogP contribution in [-0.4, -0.2) is 20.1 Å². The molecule has 0 N–H and O–H groups in total. The van der Waals surface area contributed by atoms with Crippen LogP contribution in [0.5, 0.6) is 0 Å². The van der Waals surface area contributed by atoms with Gasteiger partial charge in [0.25, 0.3) is 0 Å². The first kappa shape index (κ1) is 17.7. The van der Waals surface area contributed by atoms with E-state index in [9.17, 15) is 4.79 Å². The van der Waals surface area contributed by atoms with Gasteiger partial charge in [-0.3, -0.25) is 0 Å². The number of oxime groups is 1. The van der Waals surface area contributed by atoms with Gasteiger partial charge in [-0.05, 0) is 32.4 Å². The minimum absolute atomic E-state index is 0.186. The van der Waals surface area contributed by atoms with E-state index in [0.29, 0.717) is 5.82 Å². The maximum atomic E-state index is 12.3. The molecule has 134 valence electrons. The third-order valence-corrected chi connectivity index (χ3v) is 4.18. The van der Waals surface area contributed by atoms with Crippen molar-refractivity contribution >= 4 is 5.71 Å². The van der Waals surface area contributed by atoms with Crippen molar-refractivity contribution in [1.82, 2.24) is 14.3 Å². The molecule has 0 unspecified atom stereocenters. The number of para-hydroxylation sites is 1. The van der Waals surface area contributed by atoms with E-state index in [1.807, 2.05) is 56.3 Å². The van der Waals surface area contributed by atoms with Crippen molar-refractivity contribution < 1.29 is 4.84 Å². The standard InChI is InChI=1S/C20H22N4O2/c1-14-8-7-10-17(12-14)15(2)22-26-13-18-9-5-6-11-19(18)24-16(3)21-23(4)20(24)25/h5-12H,13H2,1-4H3/b22-15+. The molecule has 26 heavy (non-hydrogen) atoms. The number of rotatable bonds is 5. The first-order valence-corrected chi connectivity index (χ1v) is 8.42. The summed E-state index contributed by atoms with van der Waals surface area (Å²) in [7, 11) is 1.64.